The van der Waals surface area contributed by atoms with Gasteiger partial charge in [0.25, 0.3) is 5.91 Å². The van der Waals surface area contributed by atoms with Gasteiger partial charge in [-0.2, -0.15) is 5.10 Å². The van der Waals surface area contributed by atoms with E-state index >= 15 is 0 Å². The fraction of sp³-hybridized carbons (Fsp3) is 0.375. The van der Waals surface area contributed by atoms with Gasteiger partial charge in [-0.25, -0.2) is 0 Å². The Balaban J connectivity index is 2.05. The molecule has 1 aromatic heterocycles. The lowest BCUT2D eigenvalue weighted by molar-refractivity contribution is 0.0951. The van der Waals surface area contributed by atoms with E-state index < -0.39 is 0 Å². The lowest BCUT2D eigenvalue weighted by atomic mass is 10.1. The number of nitrogens with zero attached hydrogens (tertiary/aromatic N) is 2. The van der Waals surface area contributed by atoms with Crippen molar-refractivity contribution in [1.82, 2.24) is 15.1 Å². The fourth-order valence-electron chi connectivity index (χ4n) is 2.19. The SMILES string of the molecule is CCCNc1ccccc1C(=O)NCc1cn(C)nc1C. The molecule has 0 spiro atoms. The molecule has 1 aromatic carbocycles. The first kappa shape index (κ1) is 15.1. The zero-order valence-electron chi connectivity index (χ0n) is 12.8. The van der Waals surface area contributed by atoms with Crippen LogP contribution in [0.2, 0.25) is 0 Å². The largest absolute Gasteiger partial charge is 0.384 e. The molecule has 1 amide bonds. The Morgan fingerprint density at radius 2 is 2.10 bits per heavy atom. The molecule has 0 aliphatic carbocycles. The molecule has 2 rings (SSSR count). The lowest BCUT2D eigenvalue weighted by Gasteiger charge is -2.11. The van der Waals surface area contributed by atoms with Crippen molar-refractivity contribution < 1.29 is 4.79 Å². The number of hydrogen-bond acceptors (Lipinski definition) is 3. The standard InChI is InChI=1S/C16H22N4O/c1-4-9-17-15-8-6-5-7-14(15)16(21)18-10-13-11-20(3)19-12(13)2/h5-8,11,17H,4,9-10H2,1-3H3,(H,18,21). The zero-order chi connectivity index (χ0) is 15.2. The van der Waals surface area contributed by atoms with E-state index in [0.717, 1.165) is 29.9 Å². The van der Waals surface area contributed by atoms with Gasteiger partial charge in [0.2, 0.25) is 0 Å². The second kappa shape index (κ2) is 6.92. The molecule has 0 bridgehead atoms. The van der Waals surface area contributed by atoms with Crippen molar-refractivity contribution in [3.05, 3.63) is 47.3 Å². The van der Waals surface area contributed by atoms with Crippen LogP contribution in [0.15, 0.2) is 30.5 Å². The predicted octanol–water partition coefficient (Wildman–Crippen LogP) is 2.48. The quantitative estimate of drug-likeness (QED) is 0.857. The maximum absolute atomic E-state index is 12.3. The minimum absolute atomic E-state index is 0.0718. The average molecular weight is 286 g/mol. The maximum atomic E-state index is 12.3. The molecular weight excluding hydrogens is 264 g/mol. The predicted molar refractivity (Wildman–Crippen MR) is 84.3 cm³/mol. The van der Waals surface area contributed by atoms with E-state index in [-0.39, 0.29) is 5.91 Å². The highest BCUT2D eigenvalue weighted by atomic mass is 16.1. The number of rotatable bonds is 6. The van der Waals surface area contributed by atoms with Gasteiger partial charge < -0.3 is 10.6 Å². The topological polar surface area (TPSA) is 59.0 Å². The summed E-state index contributed by atoms with van der Waals surface area (Å²) < 4.78 is 1.76. The van der Waals surface area contributed by atoms with Gasteiger partial charge in [0, 0.05) is 37.6 Å². The number of hydrogen-bond donors (Lipinski definition) is 2. The summed E-state index contributed by atoms with van der Waals surface area (Å²) in [7, 11) is 1.88. The van der Waals surface area contributed by atoms with Crippen LogP contribution >= 0.6 is 0 Å². The molecule has 5 heteroatoms. The smallest absolute Gasteiger partial charge is 0.253 e. The Hall–Kier alpha value is -2.30. The Morgan fingerprint density at radius 1 is 1.33 bits per heavy atom. The van der Waals surface area contributed by atoms with Gasteiger partial charge in [0.15, 0.2) is 0 Å². The van der Waals surface area contributed by atoms with Crippen molar-refractivity contribution in [2.24, 2.45) is 7.05 Å². The Morgan fingerprint density at radius 3 is 2.76 bits per heavy atom. The molecule has 0 radical (unpaired) electrons. The van der Waals surface area contributed by atoms with E-state index in [0.29, 0.717) is 12.1 Å². The van der Waals surface area contributed by atoms with Gasteiger partial charge in [-0.1, -0.05) is 19.1 Å². The fourth-order valence-corrected chi connectivity index (χ4v) is 2.19. The average Bonchev–Trinajstić information content (AvgIpc) is 2.81. The van der Waals surface area contributed by atoms with Crippen LogP contribution in [0.25, 0.3) is 0 Å². The summed E-state index contributed by atoms with van der Waals surface area (Å²) in [5, 5.41) is 10.5. The Labute approximate surface area is 125 Å². The van der Waals surface area contributed by atoms with Gasteiger partial charge in [-0.3, -0.25) is 9.48 Å². The Bertz CT molecular complexity index is 618. The minimum Gasteiger partial charge on any atom is -0.384 e. The second-order valence-electron chi connectivity index (χ2n) is 5.07. The number of aryl methyl sites for hydroxylation is 2. The van der Waals surface area contributed by atoms with Gasteiger partial charge in [-0.05, 0) is 25.5 Å². The van der Waals surface area contributed by atoms with E-state index in [9.17, 15) is 4.79 Å². The van der Waals surface area contributed by atoms with Crippen molar-refractivity contribution in [1.29, 1.82) is 0 Å². The maximum Gasteiger partial charge on any atom is 0.253 e. The van der Waals surface area contributed by atoms with Crippen LogP contribution in [-0.4, -0.2) is 22.2 Å². The number of aromatic nitrogens is 2. The van der Waals surface area contributed by atoms with Crippen molar-refractivity contribution in [3.8, 4) is 0 Å². The molecule has 1 heterocycles. The van der Waals surface area contributed by atoms with Crippen molar-refractivity contribution in [2.75, 3.05) is 11.9 Å². The van der Waals surface area contributed by atoms with Crippen LogP contribution in [-0.2, 0) is 13.6 Å². The van der Waals surface area contributed by atoms with E-state index in [2.05, 4.69) is 22.7 Å². The number of carbonyl (C=O) groups is 1. The second-order valence-corrected chi connectivity index (χ2v) is 5.07. The number of nitrogens with one attached hydrogen (secondary N) is 2. The molecule has 2 N–H and O–H groups in total. The Kier molecular flexibility index (Phi) is 4.98. The summed E-state index contributed by atoms with van der Waals surface area (Å²) in [6.07, 6.45) is 2.95. The summed E-state index contributed by atoms with van der Waals surface area (Å²) >= 11 is 0. The first-order valence-corrected chi connectivity index (χ1v) is 7.22. The van der Waals surface area contributed by atoms with Gasteiger partial charge in [-0.15, -0.1) is 0 Å². The molecule has 0 saturated carbocycles. The lowest BCUT2D eigenvalue weighted by Crippen LogP contribution is -2.24. The highest BCUT2D eigenvalue weighted by Gasteiger charge is 2.11. The van der Waals surface area contributed by atoms with Gasteiger partial charge >= 0.3 is 0 Å². The van der Waals surface area contributed by atoms with Gasteiger partial charge in [0.1, 0.15) is 0 Å². The van der Waals surface area contributed by atoms with Crippen LogP contribution in [0, 0.1) is 6.92 Å². The molecule has 0 fully saturated rings. The van der Waals surface area contributed by atoms with Gasteiger partial charge in [0.05, 0.1) is 11.3 Å². The van der Waals surface area contributed by atoms with Crippen LogP contribution in [0.1, 0.15) is 35.0 Å². The van der Waals surface area contributed by atoms with Crippen molar-refractivity contribution in [2.45, 2.75) is 26.8 Å². The van der Waals surface area contributed by atoms with Crippen molar-refractivity contribution >= 4 is 11.6 Å². The highest BCUT2D eigenvalue weighted by molar-refractivity contribution is 5.99. The molecule has 0 atom stereocenters. The third-order valence-electron chi connectivity index (χ3n) is 3.29. The van der Waals surface area contributed by atoms with Crippen LogP contribution in [0.4, 0.5) is 5.69 Å². The molecule has 2 aromatic rings. The molecule has 5 nitrogen and oxygen atoms in total. The highest BCUT2D eigenvalue weighted by Crippen LogP contribution is 2.15. The summed E-state index contributed by atoms with van der Waals surface area (Å²) in [5.74, 6) is -0.0718. The number of amides is 1. The van der Waals surface area contributed by atoms with E-state index in [1.807, 2.05) is 44.4 Å². The number of carbonyl (C=O) groups excluding carboxylic acids is 1. The molecule has 112 valence electrons. The van der Waals surface area contributed by atoms with Crippen LogP contribution in [0.5, 0.6) is 0 Å². The van der Waals surface area contributed by atoms with E-state index in [1.54, 1.807) is 4.68 Å². The van der Waals surface area contributed by atoms with E-state index in [4.69, 9.17) is 0 Å². The summed E-state index contributed by atoms with van der Waals surface area (Å²) in [6.45, 7) is 5.38. The summed E-state index contributed by atoms with van der Waals surface area (Å²) in [4.78, 5) is 12.3. The molecule has 0 aliphatic rings. The first-order valence-electron chi connectivity index (χ1n) is 7.22. The van der Waals surface area contributed by atoms with Crippen molar-refractivity contribution in [3.63, 3.8) is 0 Å². The molecular formula is C16H22N4O. The molecule has 21 heavy (non-hydrogen) atoms. The normalized spacial score (nSPS) is 10.4. The first-order chi connectivity index (χ1) is 10.1. The molecule has 0 unspecified atom stereocenters. The van der Waals surface area contributed by atoms with E-state index in [1.165, 1.54) is 0 Å². The number of para-hydroxylation sites is 1. The third kappa shape index (κ3) is 3.84. The molecule has 0 aliphatic heterocycles. The molecule has 0 saturated heterocycles. The summed E-state index contributed by atoms with van der Waals surface area (Å²) in [6, 6.07) is 7.57. The monoisotopic (exact) mass is 286 g/mol. The number of benzene rings is 1. The minimum atomic E-state index is -0.0718. The van der Waals surface area contributed by atoms with Crippen LogP contribution in [0.3, 0.4) is 0 Å². The summed E-state index contributed by atoms with van der Waals surface area (Å²) in [5.41, 5.74) is 3.52. The zero-order valence-corrected chi connectivity index (χ0v) is 12.8. The third-order valence-corrected chi connectivity index (χ3v) is 3.29. The number of anilines is 1. The van der Waals surface area contributed by atoms with Crippen LogP contribution < -0.4 is 10.6 Å².